The Bertz CT molecular complexity index is 1170. The zero-order valence-corrected chi connectivity index (χ0v) is 21.3. The van der Waals surface area contributed by atoms with Gasteiger partial charge in [-0.1, -0.05) is 35.5 Å². The summed E-state index contributed by atoms with van der Waals surface area (Å²) in [5.41, 5.74) is 3.15. The van der Waals surface area contributed by atoms with Crippen molar-refractivity contribution in [3.05, 3.63) is 60.2 Å². The first-order chi connectivity index (χ1) is 17.1. The molecule has 0 bridgehead atoms. The van der Waals surface area contributed by atoms with Crippen LogP contribution in [0, 0.1) is 0 Å². The van der Waals surface area contributed by atoms with Crippen molar-refractivity contribution in [1.29, 1.82) is 0 Å². The molecule has 0 spiro atoms. The van der Waals surface area contributed by atoms with Crippen LogP contribution in [-0.2, 0) is 4.79 Å². The number of thioether (sulfide) groups is 1. The molecule has 1 aliphatic carbocycles. The summed E-state index contributed by atoms with van der Waals surface area (Å²) >= 11 is 1.39. The van der Waals surface area contributed by atoms with E-state index in [9.17, 15) is 4.79 Å². The zero-order valence-electron chi connectivity index (χ0n) is 20.5. The molecule has 1 atom stereocenters. The summed E-state index contributed by atoms with van der Waals surface area (Å²) in [6.07, 6.45) is 8.08. The highest BCUT2D eigenvalue weighted by molar-refractivity contribution is 8.00. The fraction of sp³-hybridized carbons (Fsp3) is 0.370. The second-order valence-corrected chi connectivity index (χ2v) is 9.76. The summed E-state index contributed by atoms with van der Waals surface area (Å²) in [5.74, 6) is 2.10. The van der Waals surface area contributed by atoms with Gasteiger partial charge in [0.05, 0.1) is 30.7 Å². The van der Waals surface area contributed by atoms with Crippen LogP contribution in [0.4, 0.5) is 0 Å². The molecule has 0 radical (unpaired) electrons. The molecule has 8 heteroatoms. The van der Waals surface area contributed by atoms with Crippen LogP contribution in [-0.4, -0.2) is 46.7 Å². The van der Waals surface area contributed by atoms with Gasteiger partial charge in [0.25, 0.3) is 0 Å². The number of methoxy groups -OCH3 is 2. The molecule has 1 heterocycles. The molecular weight excluding hydrogens is 460 g/mol. The number of allylic oxidation sites excluding steroid dienone is 1. The average molecular weight is 493 g/mol. The third kappa shape index (κ3) is 6.06. The van der Waals surface area contributed by atoms with Gasteiger partial charge in [0.2, 0.25) is 5.91 Å². The first-order valence-electron chi connectivity index (χ1n) is 12.0. The van der Waals surface area contributed by atoms with Crippen molar-refractivity contribution in [3.63, 3.8) is 0 Å². The zero-order chi connectivity index (χ0) is 24.6. The number of hydrogen-bond acceptors (Lipinski definition) is 6. The van der Waals surface area contributed by atoms with Crippen LogP contribution in [0.3, 0.4) is 0 Å². The second-order valence-electron chi connectivity index (χ2n) is 8.45. The molecule has 4 rings (SSSR count). The third-order valence-electron chi connectivity index (χ3n) is 6.09. The Morgan fingerprint density at radius 3 is 2.60 bits per heavy atom. The van der Waals surface area contributed by atoms with Gasteiger partial charge in [-0.25, -0.2) is 0 Å². The van der Waals surface area contributed by atoms with E-state index in [1.165, 1.54) is 30.2 Å². The Labute approximate surface area is 210 Å². The van der Waals surface area contributed by atoms with Crippen molar-refractivity contribution in [1.82, 2.24) is 20.1 Å². The Hall–Kier alpha value is -3.26. The van der Waals surface area contributed by atoms with Crippen molar-refractivity contribution in [2.24, 2.45) is 0 Å². The number of amides is 1. The Kier molecular flexibility index (Phi) is 8.47. The number of benzene rings is 2. The normalized spacial score (nSPS) is 14.2. The summed E-state index contributed by atoms with van der Waals surface area (Å²) < 4.78 is 12.9. The number of para-hydroxylation sites is 1. The maximum Gasteiger partial charge on any atom is 0.233 e. The van der Waals surface area contributed by atoms with E-state index < -0.39 is 0 Å². The monoisotopic (exact) mass is 492 g/mol. The number of rotatable bonds is 10. The minimum Gasteiger partial charge on any atom is -0.497 e. The molecule has 1 amide bonds. The molecule has 1 N–H and O–H groups in total. The molecule has 7 nitrogen and oxygen atoms in total. The Morgan fingerprint density at radius 1 is 1.09 bits per heavy atom. The van der Waals surface area contributed by atoms with E-state index in [-0.39, 0.29) is 11.2 Å². The van der Waals surface area contributed by atoms with Crippen LogP contribution < -0.4 is 14.8 Å². The SMILES string of the molecule is COc1ccc(-n2c(SC(C)C(=O)NCCC3=CCCCC3)nnc2-c2ccccc2OC)cc1. The van der Waals surface area contributed by atoms with E-state index in [0.29, 0.717) is 23.3 Å². The summed E-state index contributed by atoms with van der Waals surface area (Å²) in [4.78, 5) is 12.9. The van der Waals surface area contributed by atoms with Gasteiger partial charge in [0.15, 0.2) is 11.0 Å². The van der Waals surface area contributed by atoms with Crippen molar-refractivity contribution in [3.8, 4) is 28.6 Å². The standard InChI is InChI=1S/C27H32N4O3S/c1-19(26(32)28-18-17-20-9-5-4-6-10-20)35-27-30-29-25(23-11-7-8-12-24(23)34-3)31(27)21-13-15-22(33-2)16-14-21/h7-9,11-16,19H,4-6,10,17-18H2,1-3H3,(H,28,32). The molecule has 1 aliphatic rings. The minimum atomic E-state index is -0.331. The number of hydrogen-bond donors (Lipinski definition) is 1. The van der Waals surface area contributed by atoms with Gasteiger partial charge in [0, 0.05) is 6.54 Å². The lowest BCUT2D eigenvalue weighted by Crippen LogP contribution is -2.32. The van der Waals surface area contributed by atoms with Gasteiger partial charge < -0.3 is 14.8 Å². The quantitative estimate of drug-likeness (QED) is 0.300. The summed E-state index contributed by atoms with van der Waals surface area (Å²) in [7, 11) is 3.28. The highest BCUT2D eigenvalue weighted by Crippen LogP contribution is 2.34. The highest BCUT2D eigenvalue weighted by atomic mass is 32.2. The van der Waals surface area contributed by atoms with Crippen LogP contribution in [0.15, 0.2) is 65.3 Å². The van der Waals surface area contributed by atoms with E-state index in [0.717, 1.165) is 36.3 Å². The van der Waals surface area contributed by atoms with Crippen LogP contribution in [0.2, 0.25) is 0 Å². The molecule has 3 aromatic rings. The van der Waals surface area contributed by atoms with Gasteiger partial charge in [-0.05, 0) is 75.4 Å². The lowest BCUT2D eigenvalue weighted by molar-refractivity contribution is -0.120. The lowest BCUT2D eigenvalue weighted by Gasteiger charge is -2.16. The van der Waals surface area contributed by atoms with E-state index >= 15 is 0 Å². The fourth-order valence-corrected chi connectivity index (χ4v) is 5.04. The van der Waals surface area contributed by atoms with E-state index in [1.54, 1.807) is 14.2 Å². The molecule has 35 heavy (non-hydrogen) atoms. The van der Waals surface area contributed by atoms with Crippen molar-refractivity contribution in [2.45, 2.75) is 49.4 Å². The first-order valence-corrected chi connectivity index (χ1v) is 12.8. The lowest BCUT2D eigenvalue weighted by atomic mass is 9.97. The van der Waals surface area contributed by atoms with Crippen LogP contribution in [0.25, 0.3) is 17.1 Å². The van der Waals surface area contributed by atoms with Gasteiger partial charge in [0.1, 0.15) is 11.5 Å². The van der Waals surface area contributed by atoms with Gasteiger partial charge in [-0.2, -0.15) is 0 Å². The van der Waals surface area contributed by atoms with Crippen LogP contribution in [0.1, 0.15) is 39.0 Å². The molecular formula is C27H32N4O3S. The second kappa shape index (κ2) is 11.9. The van der Waals surface area contributed by atoms with E-state index in [1.807, 2.05) is 60.0 Å². The average Bonchev–Trinajstić information content (AvgIpc) is 3.32. The number of ether oxygens (including phenoxy) is 2. The third-order valence-corrected chi connectivity index (χ3v) is 7.14. The number of nitrogens with zero attached hydrogens (tertiary/aromatic N) is 3. The van der Waals surface area contributed by atoms with E-state index in [2.05, 4.69) is 21.6 Å². The summed E-state index contributed by atoms with van der Waals surface area (Å²) in [6.45, 7) is 2.56. The molecule has 184 valence electrons. The van der Waals surface area contributed by atoms with Gasteiger partial charge in [-0.15, -0.1) is 10.2 Å². The molecule has 1 aromatic heterocycles. The smallest absolute Gasteiger partial charge is 0.233 e. The number of aromatic nitrogens is 3. The maximum atomic E-state index is 12.9. The largest absolute Gasteiger partial charge is 0.497 e. The highest BCUT2D eigenvalue weighted by Gasteiger charge is 2.23. The predicted octanol–water partition coefficient (Wildman–Crippen LogP) is 5.44. The van der Waals surface area contributed by atoms with Crippen molar-refractivity contribution in [2.75, 3.05) is 20.8 Å². The summed E-state index contributed by atoms with van der Waals surface area (Å²) in [6, 6.07) is 15.4. The number of carbonyl (C=O) groups is 1. The number of nitrogens with one attached hydrogen (secondary N) is 1. The molecule has 0 saturated heterocycles. The topological polar surface area (TPSA) is 78.3 Å². The first kappa shape index (κ1) is 24.9. The molecule has 1 unspecified atom stereocenters. The Morgan fingerprint density at radius 2 is 1.89 bits per heavy atom. The molecule has 0 saturated carbocycles. The fourth-order valence-electron chi connectivity index (χ4n) is 4.15. The van der Waals surface area contributed by atoms with Gasteiger partial charge in [-0.3, -0.25) is 9.36 Å². The van der Waals surface area contributed by atoms with Crippen LogP contribution >= 0.6 is 11.8 Å². The van der Waals surface area contributed by atoms with Crippen molar-refractivity contribution < 1.29 is 14.3 Å². The Balaban J connectivity index is 1.56. The molecule has 2 aromatic carbocycles. The predicted molar refractivity (Wildman–Crippen MR) is 139 cm³/mol. The number of carbonyl (C=O) groups excluding carboxylic acids is 1. The van der Waals surface area contributed by atoms with Crippen LogP contribution in [0.5, 0.6) is 11.5 Å². The van der Waals surface area contributed by atoms with E-state index in [4.69, 9.17) is 9.47 Å². The minimum absolute atomic E-state index is 0.00506. The van der Waals surface area contributed by atoms with Gasteiger partial charge >= 0.3 is 0 Å². The molecule has 0 fully saturated rings. The maximum absolute atomic E-state index is 12.9. The van der Waals surface area contributed by atoms with Crippen molar-refractivity contribution >= 4 is 17.7 Å². The summed E-state index contributed by atoms with van der Waals surface area (Å²) in [5, 5.41) is 12.3. The molecule has 0 aliphatic heterocycles.